The van der Waals surface area contributed by atoms with Crippen LogP contribution in [0.2, 0.25) is 0 Å². The van der Waals surface area contributed by atoms with Crippen LogP contribution in [0.3, 0.4) is 0 Å². The number of para-hydroxylation sites is 1. The van der Waals surface area contributed by atoms with Gasteiger partial charge >= 0.3 is 0 Å². The van der Waals surface area contributed by atoms with Crippen molar-refractivity contribution in [2.45, 2.75) is 19.4 Å². The van der Waals surface area contributed by atoms with Gasteiger partial charge in [-0.2, -0.15) is 0 Å². The molecule has 4 rings (SSSR count). The van der Waals surface area contributed by atoms with E-state index >= 15 is 0 Å². The maximum atomic E-state index is 12.9. The molecule has 1 amide bonds. The second kappa shape index (κ2) is 6.88. The monoisotopic (exact) mass is 345 g/mol. The van der Waals surface area contributed by atoms with Gasteiger partial charge in [0.05, 0.1) is 6.04 Å². The van der Waals surface area contributed by atoms with E-state index in [1.807, 2.05) is 61.5 Å². The van der Waals surface area contributed by atoms with Crippen molar-refractivity contribution in [1.82, 2.24) is 15.3 Å². The normalized spacial score (nSPS) is 12.2. The number of aromatic amines is 1. The number of rotatable bonds is 5. The summed E-state index contributed by atoms with van der Waals surface area (Å²) in [4.78, 5) is 20.3. The Kier molecular flexibility index (Phi) is 4.27. The highest BCUT2D eigenvalue weighted by molar-refractivity contribution is 5.99. The summed E-state index contributed by atoms with van der Waals surface area (Å²) < 4.78 is 5.80. The highest BCUT2D eigenvalue weighted by Gasteiger charge is 2.22. The number of amides is 1. The van der Waals surface area contributed by atoms with Gasteiger partial charge in [0.1, 0.15) is 11.4 Å². The smallest absolute Gasteiger partial charge is 0.287 e. The van der Waals surface area contributed by atoms with Gasteiger partial charge in [-0.1, -0.05) is 48.5 Å². The number of furan rings is 1. The second-order valence-corrected chi connectivity index (χ2v) is 6.23. The fourth-order valence-electron chi connectivity index (χ4n) is 3.16. The maximum absolute atomic E-state index is 12.9. The zero-order valence-electron chi connectivity index (χ0n) is 14.4. The molecule has 5 nitrogen and oxygen atoms in total. The number of carbonyl (C=O) groups is 1. The molecule has 0 radical (unpaired) electrons. The van der Waals surface area contributed by atoms with Gasteiger partial charge in [-0.3, -0.25) is 4.79 Å². The third-order valence-electron chi connectivity index (χ3n) is 4.51. The summed E-state index contributed by atoms with van der Waals surface area (Å²) >= 11 is 0. The number of aryl methyl sites for hydroxylation is 1. The van der Waals surface area contributed by atoms with Gasteiger partial charge < -0.3 is 14.7 Å². The third-order valence-corrected chi connectivity index (χ3v) is 4.51. The van der Waals surface area contributed by atoms with Crippen molar-refractivity contribution >= 4 is 16.9 Å². The molecule has 1 atom stereocenters. The first-order valence-electron chi connectivity index (χ1n) is 8.54. The molecule has 0 fully saturated rings. The Morgan fingerprint density at radius 3 is 2.65 bits per heavy atom. The number of fused-ring (bicyclic) bond motifs is 1. The van der Waals surface area contributed by atoms with Gasteiger partial charge in [-0.25, -0.2) is 4.98 Å². The minimum atomic E-state index is -0.223. The number of carbonyl (C=O) groups excluding carboxylic acids is 1. The van der Waals surface area contributed by atoms with Crippen LogP contribution in [0.15, 0.2) is 71.4 Å². The largest absolute Gasteiger partial charge is 0.451 e. The molecule has 2 heterocycles. The fraction of sp³-hybridized carbons (Fsp3) is 0.143. The molecule has 0 aliphatic rings. The van der Waals surface area contributed by atoms with Crippen LogP contribution in [-0.4, -0.2) is 15.9 Å². The first-order valence-corrected chi connectivity index (χ1v) is 8.54. The van der Waals surface area contributed by atoms with E-state index in [4.69, 9.17) is 4.42 Å². The number of H-pyrrole nitrogens is 1. The van der Waals surface area contributed by atoms with E-state index in [1.54, 1.807) is 12.4 Å². The first-order chi connectivity index (χ1) is 12.7. The second-order valence-electron chi connectivity index (χ2n) is 6.23. The number of imidazole rings is 1. The fourth-order valence-corrected chi connectivity index (χ4v) is 3.16. The summed E-state index contributed by atoms with van der Waals surface area (Å²) in [5, 5.41) is 4.06. The molecule has 0 aliphatic carbocycles. The molecule has 0 bridgehead atoms. The van der Waals surface area contributed by atoms with Crippen LogP contribution in [0.25, 0.3) is 11.0 Å². The van der Waals surface area contributed by atoms with E-state index in [1.165, 1.54) is 0 Å². The summed E-state index contributed by atoms with van der Waals surface area (Å²) in [6.07, 6.45) is 4.06. The van der Waals surface area contributed by atoms with Crippen LogP contribution in [0.1, 0.15) is 33.5 Å². The van der Waals surface area contributed by atoms with Crippen LogP contribution < -0.4 is 5.32 Å². The summed E-state index contributed by atoms with van der Waals surface area (Å²) in [7, 11) is 0. The Morgan fingerprint density at radius 1 is 1.15 bits per heavy atom. The number of hydrogen-bond acceptors (Lipinski definition) is 3. The number of aromatic nitrogens is 2. The highest BCUT2D eigenvalue weighted by atomic mass is 16.3. The van der Waals surface area contributed by atoms with E-state index in [-0.39, 0.29) is 11.9 Å². The summed E-state index contributed by atoms with van der Waals surface area (Å²) in [6.45, 7) is 1.91. The summed E-state index contributed by atoms with van der Waals surface area (Å²) in [5.41, 5.74) is 2.59. The van der Waals surface area contributed by atoms with Crippen molar-refractivity contribution in [3.05, 3.63) is 89.7 Å². The average Bonchev–Trinajstić information content (AvgIpc) is 3.30. The van der Waals surface area contributed by atoms with Crippen LogP contribution in [0.5, 0.6) is 0 Å². The molecule has 2 aromatic heterocycles. The number of nitrogens with zero attached hydrogens (tertiary/aromatic N) is 1. The first kappa shape index (κ1) is 16.1. The van der Waals surface area contributed by atoms with Crippen LogP contribution in [0.4, 0.5) is 0 Å². The number of hydrogen-bond donors (Lipinski definition) is 2. The highest BCUT2D eigenvalue weighted by Crippen LogP contribution is 2.26. The van der Waals surface area contributed by atoms with Gasteiger partial charge in [-0.15, -0.1) is 0 Å². The molecule has 26 heavy (non-hydrogen) atoms. The van der Waals surface area contributed by atoms with Gasteiger partial charge in [0.15, 0.2) is 5.76 Å². The molecule has 0 unspecified atom stereocenters. The van der Waals surface area contributed by atoms with E-state index in [0.717, 1.165) is 27.9 Å². The Bertz CT molecular complexity index is 1020. The lowest BCUT2D eigenvalue weighted by Crippen LogP contribution is -2.30. The van der Waals surface area contributed by atoms with Gasteiger partial charge in [0.25, 0.3) is 5.91 Å². The van der Waals surface area contributed by atoms with Crippen LogP contribution >= 0.6 is 0 Å². The van der Waals surface area contributed by atoms with Crippen molar-refractivity contribution in [2.75, 3.05) is 0 Å². The van der Waals surface area contributed by atoms with Crippen molar-refractivity contribution < 1.29 is 9.21 Å². The lowest BCUT2D eigenvalue weighted by molar-refractivity contribution is 0.0909. The number of benzene rings is 2. The molecule has 5 heteroatoms. The molecule has 2 aromatic carbocycles. The number of nitrogens with one attached hydrogen (secondary N) is 2. The molecule has 2 N–H and O–H groups in total. The zero-order valence-corrected chi connectivity index (χ0v) is 14.4. The Morgan fingerprint density at radius 2 is 1.92 bits per heavy atom. The van der Waals surface area contributed by atoms with E-state index < -0.39 is 0 Å². The molecule has 130 valence electrons. The van der Waals surface area contributed by atoms with Crippen molar-refractivity contribution in [1.29, 1.82) is 0 Å². The predicted molar refractivity (Wildman–Crippen MR) is 99.9 cm³/mol. The zero-order chi connectivity index (χ0) is 17.9. The Labute approximate surface area is 151 Å². The molecular formula is C21H19N3O2. The lowest BCUT2D eigenvalue weighted by atomic mass is 10.0. The molecule has 0 saturated carbocycles. The average molecular weight is 345 g/mol. The molecule has 0 aliphatic heterocycles. The lowest BCUT2D eigenvalue weighted by Gasteiger charge is -2.18. The van der Waals surface area contributed by atoms with Crippen molar-refractivity contribution in [3.63, 3.8) is 0 Å². The third kappa shape index (κ3) is 3.11. The SMILES string of the molecule is Cc1c(C(=O)N[C@@H](Cc2ncc[nH]2)c2ccccc2)oc2ccccc12. The van der Waals surface area contributed by atoms with Gasteiger partial charge in [0, 0.05) is 29.8 Å². The van der Waals surface area contributed by atoms with Crippen molar-refractivity contribution in [3.8, 4) is 0 Å². The van der Waals surface area contributed by atoms with E-state index in [2.05, 4.69) is 15.3 Å². The van der Waals surface area contributed by atoms with Gasteiger partial charge in [0.2, 0.25) is 0 Å². The van der Waals surface area contributed by atoms with Gasteiger partial charge in [-0.05, 0) is 18.6 Å². The topological polar surface area (TPSA) is 70.9 Å². The molecule has 0 spiro atoms. The van der Waals surface area contributed by atoms with E-state index in [9.17, 15) is 4.79 Å². The summed E-state index contributed by atoms with van der Waals surface area (Å²) in [5.74, 6) is 0.950. The van der Waals surface area contributed by atoms with E-state index in [0.29, 0.717) is 12.2 Å². The maximum Gasteiger partial charge on any atom is 0.287 e. The standard InChI is InChI=1S/C21H19N3O2/c1-14-16-9-5-6-10-18(16)26-20(14)21(25)24-17(13-19-22-11-12-23-19)15-7-3-2-4-8-15/h2-12,17H,13H2,1H3,(H,22,23)(H,24,25)/t17-/m0/s1. The van der Waals surface area contributed by atoms with Crippen LogP contribution in [-0.2, 0) is 6.42 Å². The molecular weight excluding hydrogens is 326 g/mol. The quantitative estimate of drug-likeness (QED) is 0.570. The Balaban J connectivity index is 1.64. The minimum Gasteiger partial charge on any atom is -0.451 e. The van der Waals surface area contributed by atoms with Crippen molar-refractivity contribution in [2.24, 2.45) is 0 Å². The minimum absolute atomic E-state index is 0.206. The molecule has 0 saturated heterocycles. The Hall–Kier alpha value is -3.34. The predicted octanol–water partition coefficient (Wildman–Crippen LogP) is 4.18. The summed E-state index contributed by atoms with van der Waals surface area (Å²) in [6, 6.07) is 17.3. The molecule has 4 aromatic rings. The van der Waals surface area contributed by atoms with Crippen LogP contribution in [0, 0.1) is 6.92 Å².